The number of carbonyl (C=O) groups is 1. The van der Waals surface area contributed by atoms with Crippen LogP contribution in [0.2, 0.25) is 0 Å². The monoisotopic (exact) mass is 613 g/mol. The lowest BCUT2D eigenvalue weighted by molar-refractivity contribution is -0.137. The van der Waals surface area contributed by atoms with Crippen molar-refractivity contribution in [3.05, 3.63) is 83.2 Å². The SMILES string of the molecule is COCCC(=O)N1CCN2C(C(c3ccccc3)c3ccccc3)CN(Cc3c(OC)nc(C4CC4)nc3OC(C)C)C[C@@H]2C1. The molecule has 2 saturated heterocycles. The molecule has 9 heteroatoms. The van der Waals surface area contributed by atoms with E-state index in [2.05, 4.69) is 70.5 Å². The molecule has 0 bridgehead atoms. The van der Waals surface area contributed by atoms with Gasteiger partial charge in [-0.15, -0.1) is 0 Å². The van der Waals surface area contributed by atoms with Crippen LogP contribution in [0.15, 0.2) is 60.7 Å². The fourth-order valence-electron chi connectivity index (χ4n) is 7.00. The smallest absolute Gasteiger partial charge is 0.225 e. The van der Waals surface area contributed by atoms with E-state index in [0.29, 0.717) is 43.8 Å². The van der Waals surface area contributed by atoms with Gasteiger partial charge in [0.1, 0.15) is 5.82 Å². The molecule has 3 heterocycles. The van der Waals surface area contributed by atoms with Crippen molar-refractivity contribution in [3.8, 4) is 11.8 Å². The second-order valence-electron chi connectivity index (χ2n) is 12.9. The zero-order valence-electron chi connectivity index (χ0n) is 27.1. The maximum Gasteiger partial charge on any atom is 0.225 e. The predicted octanol–water partition coefficient (Wildman–Crippen LogP) is 4.72. The van der Waals surface area contributed by atoms with Gasteiger partial charge in [0.25, 0.3) is 0 Å². The van der Waals surface area contributed by atoms with Crippen molar-refractivity contribution < 1.29 is 19.0 Å². The van der Waals surface area contributed by atoms with Gasteiger partial charge in [0.15, 0.2) is 0 Å². The van der Waals surface area contributed by atoms with Gasteiger partial charge in [0.05, 0.1) is 31.8 Å². The molecule has 2 atom stereocenters. The van der Waals surface area contributed by atoms with Gasteiger partial charge in [-0.25, -0.2) is 0 Å². The highest BCUT2D eigenvalue weighted by Crippen LogP contribution is 2.42. The van der Waals surface area contributed by atoms with Crippen molar-refractivity contribution in [1.82, 2.24) is 24.7 Å². The minimum Gasteiger partial charge on any atom is -0.481 e. The highest BCUT2D eigenvalue weighted by Gasteiger charge is 2.43. The minimum atomic E-state index is -0.0226. The van der Waals surface area contributed by atoms with Crippen LogP contribution in [-0.4, -0.2) is 102 Å². The van der Waals surface area contributed by atoms with Gasteiger partial charge in [-0.1, -0.05) is 60.7 Å². The summed E-state index contributed by atoms with van der Waals surface area (Å²) < 4.78 is 17.4. The molecular weight excluding hydrogens is 566 g/mol. The first-order valence-corrected chi connectivity index (χ1v) is 16.4. The summed E-state index contributed by atoms with van der Waals surface area (Å²) in [6.45, 7) is 9.02. The van der Waals surface area contributed by atoms with E-state index in [4.69, 9.17) is 24.2 Å². The van der Waals surface area contributed by atoms with Crippen LogP contribution in [0.5, 0.6) is 11.8 Å². The van der Waals surface area contributed by atoms with E-state index in [1.165, 1.54) is 11.1 Å². The molecule has 1 aromatic heterocycles. The molecule has 2 aliphatic heterocycles. The van der Waals surface area contributed by atoms with Crippen LogP contribution in [-0.2, 0) is 16.1 Å². The third-order valence-electron chi connectivity index (χ3n) is 9.26. The molecule has 0 spiro atoms. The van der Waals surface area contributed by atoms with E-state index in [9.17, 15) is 4.79 Å². The average Bonchev–Trinajstić information content (AvgIpc) is 3.91. The number of benzene rings is 2. The van der Waals surface area contributed by atoms with Crippen LogP contribution in [0.25, 0.3) is 0 Å². The third kappa shape index (κ3) is 7.32. The van der Waals surface area contributed by atoms with Gasteiger partial charge < -0.3 is 19.1 Å². The van der Waals surface area contributed by atoms with Crippen LogP contribution in [0.1, 0.15) is 67.5 Å². The molecule has 6 rings (SSSR count). The normalized spacial score (nSPS) is 20.8. The Hall–Kier alpha value is -3.53. The summed E-state index contributed by atoms with van der Waals surface area (Å²) in [5.41, 5.74) is 3.49. The molecule has 240 valence electrons. The van der Waals surface area contributed by atoms with Crippen LogP contribution in [0.3, 0.4) is 0 Å². The standard InChI is InChI=1S/C36H47N5O4/c1-25(2)45-36-30(35(44-4)37-34(38-36)28-15-16-28)23-39-21-29-22-40(32(42)17-20-43-3)18-19-41(29)31(24-39)33(26-11-7-5-8-12-26)27-13-9-6-10-14-27/h5-14,25,28-29,31,33H,15-24H2,1-4H3/t29-,31?/m1/s1. The first kappa shape index (κ1) is 31.5. The van der Waals surface area contributed by atoms with Gasteiger partial charge in [-0.05, 0) is 37.8 Å². The predicted molar refractivity (Wildman–Crippen MR) is 174 cm³/mol. The van der Waals surface area contributed by atoms with Crippen LogP contribution in [0, 0.1) is 0 Å². The van der Waals surface area contributed by atoms with E-state index in [-0.39, 0.29) is 30.0 Å². The molecule has 1 aliphatic carbocycles. The van der Waals surface area contributed by atoms with Gasteiger partial charge in [-0.2, -0.15) is 9.97 Å². The summed E-state index contributed by atoms with van der Waals surface area (Å²) in [6, 6.07) is 22.1. The van der Waals surface area contributed by atoms with E-state index < -0.39 is 0 Å². The number of carbonyl (C=O) groups excluding carboxylic acids is 1. The summed E-state index contributed by atoms with van der Waals surface area (Å²) in [4.78, 5) is 30.1. The molecule has 9 nitrogen and oxygen atoms in total. The molecule has 2 aromatic carbocycles. The lowest BCUT2D eigenvalue weighted by atomic mass is 9.81. The average molecular weight is 614 g/mol. The first-order chi connectivity index (χ1) is 21.9. The van der Waals surface area contributed by atoms with Crippen LogP contribution >= 0.6 is 0 Å². The van der Waals surface area contributed by atoms with Gasteiger partial charge >= 0.3 is 0 Å². The Morgan fingerprint density at radius 1 is 0.889 bits per heavy atom. The Morgan fingerprint density at radius 3 is 2.16 bits per heavy atom. The fraction of sp³-hybridized carbons (Fsp3) is 0.528. The third-order valence-corrected chi connectivity index (χ3v) is 9.26. The first-order valence-electron chi connectivity index (χ1n) is 16.4. The van der Waals surface area contributed by atoms with Crippen LogP contribution < -0.4 is 9.47 Å². The zero-order valence-corrected chi connectivity index (χ0v) is 27.1. The van der Waals surface area contributed by atoms with Crippen molar-refractivity contribution in [2.24, 2.45) is 0 Å². The topological polar surface area (TPSA) is 80.3 Å². The molecular formula is C36H47N5O4. The highest BCUT2D eigenvalue weighted by atomic mass is 16.5. The molecule has 45 heavy (non-hydrogen) atoms. The molecule has 1 amide bonds. The van der Waals surface area contributed by atoms with Crippen LogP contribution in [0.4, 0.5) is 0 Å². The number of methoxy groups -OCH3 is 2. The number of rotatable bonds is 12. The number of piperazine rings is 2. The van der Waals surface area contributed by atoms with E-state index in [0.717, 1.165) is 50.4 Å². The van der Waals surface area contributed by atoms with E-state index in [1.54, 1.807) is 14.2 Å². The number of hydrogen-bond donors (Lipinski definition) is 0. The number of ether oxygens (including phenoxy) is 3. The number of aromatic nitrogens is 2. The van der Waals surface area contributed by atoms with Gasteiger partial charge in [0.2, 0.25) is 17.7 Å². The highest BCUT2D eigenvalue weighted by molar-refractivity contribution is 5.76. The summed E-state index contributed by atoms with van der Waals surface area (Å²) >= 11 is 0. The van der Waals surface area contributed by atoms with Crippen molar-refractivity contribution in [2.45, 2.75) is 69.7 Å². The van der Waals surface area contributed by atoms with E-state index >= 15 is 0 Å². The molecule has 0 radical (unpaired) electrons. The van der Waals surface area contributed by atoms with Crippen molar-refractivity contribution in [3.63, 3.8) is 0 Å². The van der Waals surface area contributed by atoms with Crippen molar-refractivity contribution >= 4 is 5.91 Å². The van der Waals surface area contributed by atoms with Gasteiger partial charge in [-0.3, -0.25) is 14.6 Å². The fourth-order valence-corrected chi connectivity index (χ4v) is 7.00. The molecule has 3 aliphatic rings. The number of hydrogen-bond acceptors (Lipinski definition) is 8. The van der Waals surface area contributed by atoms with Crippen molar-refractivity contribution in [1.29, 1.82) is 0 Å². The maximum atomic E-state index is 13.1. The molecule has 0 N–H and O–H groups in total. The lowest BCUT2D eigenvalue weighted by Gasteiger charge is -2.53. The molecule has 1 saturated carbocycles. The summed E-state index contributed by atoms with van der Waals surface area (Å²) in [6.07, 6.45) is 2.60. The maximum absolute atomic E-state index is 13.1. The van der Waals surface area contributed by atoms with Gasteiger partial charge in [0, 0.05) is 70.3 Å². The molecule has 1 unspecified atom stereocenters. The van der Waals surface area contributed by atoms with E-state index in [1.807, 2.05) is 18.7 Å². The Labute approximate surface area is 267 Å². The Balaban J connectivity index is 1.36. The largest absolute Gasteiger partial charge is 0.481 e. The zero-order chi connectivity index (χ0) is 31.3. The Kier molecular flexibility index (Phi) is 9.97. The number of nitrogens with zero attached hydrogens (tertiary/aromatic N) is 5. The Morgan fingerprint density at radius 2 is 1.56 bits per heavy atom. The number of fused-ring (bicyclic) bond motifs is 1. The summed E-state index contributed by atoms with van der Waals surface area (Å²) in [7, 11) is 3.34. The second kappa shape index (κ2) is 14.3. The molecule has 3 aromatic rings. The summed E-state index contributed by atoms with van der Waals surface area (Å²) in [5, 5.41) is 0. The summed E-state index contributed by atoms with van der Waals surface area (Å²) in [5.74, 6) is 2.75. The van der Waals surface area contributed by atoms with Crippen molar-refractivity contribution in [2.75, 3.05) is 53.6 Å². The quantitative estimate of drug-likeness (QED) is 0.291. The second-order valence-corrected chi connectivity index (χ2v) is 12.9. The lowest BCUT2D eigenvalue weighted by Crippen LogP contribution is -2.67. The number of amides is 1. The molecule has 3 fully saturated rings. The Bertz CT molecular complexity index is 1380. The minimum absolute atomic E-state index is 0.0226.